The number of hydrogen-bond donors (Lipinski definition) is 3. The third-order valence-corrected chi connectivity index (χ3v) is 6.11. The number of H-pyrrole nitrogens is 1. The number of aliphatic hydroxyl groups excluding tert-OH is 1. The predicted octanol–water partition coefficient (Wildman–Crippen LogP) is 3.50. The van der Waals surface area contributed by atoms with Crippen molar-refractivity contribution in [1.82, 2.24) is 20.3 Å². The van der Waals surface area contributed by atoms with E-state index < -0.39 is 0 Å². The van der Waals surface area contributed by atoms with E-state index in [2.05, 4.69) is 20.3 Å². The highest BCUT2D eigenvalue weighted by Crippen LogP contribution is 2.36. The lowest BCUT2D eigenvalue weighted by atomic mass is 10.1. The first-order valence-electron chi connectivity index (χ1n) is 10.7. The number of aromatic amines is 1. The molecule has 2 fully saturated rings. The third kappa shape index (κ3) is 3.99. The lowest BCUT2D eigenvalue weighted by molar-refractivity contribution is 0.0935. The van der Waals surface area contributed by atoms with E-state index in [1.54, 1.807) is 13.0 Å². The Morgan fingerprint density at radius 2 is 2.13 bits per heavy atom. The lowest BCUT2D eigenvalue weighted by Crippen LogP contribution is -2.33. The van der Waals surface area contributed by atoms with Gasteiger partial charge in [0.15, 0.2) is 0 Å². The van der Waals surface area contributed by atoms with Crippen molar-refractivity contribution in [1.29, 1.82) is 0 Å². The van der Waals surface area contributed by atoms with Gasteiger partial charge in [-0.25, -0.2) is 14.4 Å². The zero-order valence-corrected chi connectivity index (χ0v) is 17.3. The maximum Gasteiger partial charge on any atom is 0.255 e. The van der Waals surface area contributed by atoms with E-state index in [1.807, 2.05) is 0 Å². The second-order valence-electron chi connectivity index (χ2n) is 8.60. The molecule has 8 heteroatoms. The molecule has 31 heavy (non-hydrogen) atoms. The van der Waals surface area contributed by atoms with Crippen molar-refractivity contribution in [3.8, 4) is 17.0 Å². The fourth-order valence-electron chi connectivity index (χ4n) is 4.25. The van der Waals surface area contributed by atoms with Gasteiger partial charge in [0, 0.05) is 17.3 Å². The molecule has 162 valence electrons. The number of aliphatic hydroxyl groups is 1. The quantitative estimate of drug-likeness (QED) is 0.562. The Labute approximate surface area is 179 Å². The van der Waals surface area contributed by atoms with Crippen LogP contribution in [0, 0.1) is 18.7 Å². The number of ether oxygens (including phenoxy) is 1. The van der Waals surface area contributed by atoms with Crippen molar-refractivity contribution in [3.63, 3.8) is 0 Å². The van der Waals surface area contributed by atoms with Gasteiger partial charge in [0.2, 0.25) is 0 Å². The molecule has 3 aromatic rings. The monoisotopic (exact) mass is 424 g/mol. The molecule has 2 aromatic heterocycles. The molecule has 2 saturated carbocycles. The van der Waals surface area contributed by atoms with E-state index in [-0.39, 0.29) is 23.9 Å². The van der Waals surface area contributed by atoms with Gasteiger partial charge < -0.3 is 20.1 Å². The number of carbonyl (C=O) groups excluding carboxylic acids is 1. The molecule has 0 radical (unpaired) electrons. The maximum absolute atomic E-state index is 14.1. The molecule has 2 aliphatic rings. The fourth-order valence-corrected chi connectivity index (χ4v) is 4.25. The summed E-state index contributed by atoms with van der Waals surface area (Å²) in [6.07, 6.45) is 5.31. The SMILES string of the molecule is Cc1[nH]c2c(-c3cc(F)ccc3OCC3CC3)ncnc2c1C(=O)N[C@@H]1CC[C@@H](O)C1. The molecule has 5 rings (SSSR count). The number of nitrogens with one attached hydrogen (secondary N) is 2. The van der Waals surface area contributed by atoms with Gasteiger partial charge >= 0.3 is 0 Å². The second-order valence-corrected chi connectivity index (χ2v) is 8.60. The van der Waals surface area contributed by atoms with Gasteiger partial charge in [-0.05, 0) is 63.1 Å². The first-order chi connectivity index (χ1) is 15.0. The number of amides is 1. The maximum atomic E-state index is 14.1. The largest absolute Gasteiger partial charge is 0.493 e. The molecular formula is C23H25FN4O3. The van der Waals surface area contributed by atoms with Crippen LogP contribution in [-0.2, 0) is 0 Å². The Hall–Kier alpha value is -3.00. The summed E-state index contributed by atoms with van der Waals surface area (Å²) in [6, 6.07) is 4.34. The molecule has 1 amide bonds. The summed E-state index contributed by atoms with van der Waals surface area (Å²) in [5.74, 6) is 0.491. The van der Waals surface area contributed by atoms with Gasteiger partial charge in [0.25, 0.3) is 5.91 Å². The Morgan fingerprint density at radius 3 is 2.87 bits per heavy atom. The van der Waals surface area contributed by atoms with Crippen LogP contribution in [0.2, 0.25) is 0 Å². The van der Waals surface area contributed by atoms with Crippen LogP contribution in [0.15, 0.2) is 24.5 Å². The zero-order chi connectivity index (χ0) is 21.5. The first-order valence-corrected chi connectivity index (χ1v) is 10.7. The fraction of sp³-hybridized carbons (Fsp3) is 0.435. The van der Waals surface area contributed by atoms with E-state index in [1.165, 1.54) is 18.5 Å². The number of aromatic nitrogens is 3. The van der Waals surface area contributed by atoms with Crippen molar-refractivity contribution < 1.29 is 19.0 Å². The molecule has 0 unspecified atom stereocenters. The summed E-state index contributed by atoms with van der Waals surface area (Å²) in [7, 11) is 0. The highest BCUT2D eigenvalue weighted by atomic mass is 19.1. The number of benzene rings is 1. The van der Waals surface area contributed by atoms with Crippen LogP contribution in [0.3, 0.4) is 0 Å². The van der Waals surface area contributed by atoms with Crippen LogP contribution in [-0.4, -0.2) is 44.7 Å². The minimum Gasteiger partial charge on any atom is -0.493 e. The van der Waals surface area contributed by atoms with Gasteiger partial charge in [0.1, 0.15) is 29.1 Å². The zero-order valence-electron chi connectivity index (χ0n) is 17.3. The summed E-state index contributed by atoms with van der Waals surface area (Å²) in [5, 5.41) is 12.7. The molecule has 0 saturated heterocycles. The Morgan fingerprint density at radius 1 is 1.29 bits per heavy atom. The molecule has 2 heterocycles. The van der Waals surface area contributed by atoms with Crippen molar-refractivity contribution in [2.45, 2.75) is 51.2 Å². The molecule has 2 atom stereocenters. The molecule has 0 bridgehead atoms. The molecule has 7 nitrogen and oxygen atoms in total. The summed E-state index contributed by atoms with van der Waals surface area (Å²) in [4.78, 5) is 25.0. The minimum absolute atomic E-state index is 0.0567. The van der Waals surface area contributed by atoms with Crippen LogP contribution in [0.4, 0.5) is 4.39 Å². The Bertz CT molecular complexity index is 1140. The smallest absolute Gasteiger partial charge is 0.255 e. The standard InChI is InChI=1S/C23H25FN4O3/c1-12-19(23(30)28-15-5-6-16(29)9-15)21-22(27-12)20(25-11-26-21)17-8-14(24)4-7-18(17)31-10-13-2-3-13/h4,7-8,11,13,15-16,27,29H,2-3,5-6,9-10H2,1H3,(H,28,30)/t15-,16-/m1/s1. The number of aryl methyl sites for hydroxylation is 1. The van der Waals surface area contributed by atoms with Gasteiger partial charge in [0.05, 0.1) is 23.8 Å². The lowest BCUT2D eigenvalue weighted by Gasteiger charge is -2.12. The van der Waals surface area contributed by atoms with Crippen molar-refractivity contribution >= 4 is 16.9 Å². The summed E-state index contributed by atoms with van der Waals surface area (Å²) < 4.78 is 20.1. The van der Waals surface area contributed by atoms with Crippen molar-refractivity contribution in [2.24, 2.45) is 5.92 Å². The van der Waals surface area contributed by atoms with Crippen LogP contribution in [0.1, 0.15) is 48.2 Å². The average Bonchev–Trinajstić information content (AvgIpc) is 3.38. The van der Waals surface area contributed by atoms with Gasteiger partial charge in [-0.2, -0.15) is 0 Å². The number of nitrogens with zero attached hydrogens (tertiary/aromatic N) is 2. The average molecular weight is 424 g/mol. The highest BCUT2D eigenvalue weighted by molar-refractivity contribution is 6.09. The summed E-state index contributed by atoms with van der Waals surface area (Å²) in [5.41, 5.74) is 3.17. The number of fused-ring (bicyclic) bond motifs is 1. The summed E-state index contributed by atoms with van der Waals surface area (Å²) in [6.45, 7) is 2.40. The van der Waals surface area contributed by atoms with E-state index in [0.29, 0.717) is 64.7 Å². The van der Waals surface area contributed by atoms with Crippen LogP contribution in [0.25, 0.3) is 22.3 Å². The van der Waals surface area contributed by atoms with E-state index in [4.69, 9.17) is 4.74 Å². The van der Waals surface area contributed by atoms with E-state index >= 15 is 0 Å². The normalized spacial score (nSPS) is 20.9. The Kier molecular flexibility index (Phi) is 5.09. The van der Waals surface area contributed by atoms with Crippen LogP contribution in [0.5, 0.6) is 5.75 Å². The predicted molar refractivity (Wildman–Crippen MR) is 113 cm³/mol. The van der Waals surface area contributed by atoms with Crippen LogP contribution < -0.4 is 10.1 Å². The molecule has 2 aliphatic carbocycles. The molecular weight excluding hydrogens is 399 g/mol. The number of hydrogen-bond acceptors (Lipinski definition) is 5. The molecule has 0 spiro atoms. The van der Waals surface area contributed by atoms with E-state index in [9.17, 15) is 14.3 Å². The Balaban J connectivity index is 1.52. The summed E-state index contributed by atoms with van der Waals surface area (Å²) >= 11 is 0. The van der Waals surface area contributed by atoms with Crippen molar-refractivity contribution in [3.05, 3.63) is 41.6 Å². The van der Waals surface area contributed by atoms with Gasteiger partial charge in [-0.3, -0.25) is 4.79 Å². The van der Waals surface area contributed by atoms with Crippen LogP contribution >= 0.6 is 0 Å². The topological polar surface area (TPSA) is 100 Å². The van der Waals surface area contributed by atoms with Crippen molar-refractivity contribution in [2.75, 3.05) is 6.61 Å². The molecule has 0 aliphatic heterocycles. The number of halogens is 1. The molecule has 1 aromatic carbocycles. The molecule has 3 N–H and O–H groups in total. The van der Waals surface area contributed by atoms with Gasteiger partial charge in [-0.1, -0.05) is 0 Å². The number of rotatable bonds is 6. The highest BCUT2D eigenvalue weighted by Gasteiger charge is 2.28. The third-order valence-electron chi connectivity index (χ3n) is 6.11. The van der Waals surface area contributed by atoms with E-state index in [0.717, 1.165) is 19.3 Å². The number of carbonyl (C=O) groups is 1. The first kappa shape index (κ1) is 19.9. The van der Waals surface area contributed by atoms with Gasteiger partial charge in [-0.15, -0.1) is 0 Å². The minimum atomic E-state index is -0.387. The second kappa shape index (κ2) is 7.92.